The number of methoxy groups -OCH3 is 1. The van der Waals surface area contributed by atoms with Gasteiger partial charge in [-0.1, -0.05) is 18.2 Å². The first-order valence-electron chi connectivity index (χ1n) is 6.88. The second-order valence-corrected chi connectivity index (χ2v) is 5.10. The summed E-state index contributed by atoms with van der Waals surface area (Å²) >= 11 is 0. The molecule has 0 atom stereocenters. The molecule has 3 rings (SSSR count). The molecule has 0 spiro atoms. The maximum absolute atomic E-state index is 11.4. The number of allylic oxidation sites excluding steroid dienone is 1. The van der Waals surface area contributed by atoms with Crippen LogP contribution in [-0.4, -0.2) is 12.0 Å². The number of nitro groups is 1. The summed E-state index contributed by atoms with van der Waals surface area (Å²) in [6, 6.07) is 12.8. The minimum absolute atomic E-state index is 0.0725. The van der Waals surface area contributed by atoms with Gasteiger partial charge in [-0.3, -0.25) is 10.1 Å². The van der Waals surface area contributed by atoms with E-state index in [4.69, 9.17) is 9.47 Å². The number of ether oxygens (including phenoxy) is 2. The lowest BCUT2D eigenvalue weighted by atomic mass is 10.0. The van der Waals surface area contributed by atoms with Crippen molar-refractivity contribution in [2.75, 3.05) is 7.11 Å². The minimum Gasteiger partial charge on any atom is -0.496 e. The molecule has 0 radical (unpaired) electrons. The van der Waals surface area contributed by atoms with Gasteiger partial charge in [0.25, 0.3) is 5.70 Å². The lowest BCUT2D eigenvalue weighted by molar-refractivity contribution is -0.427. The lowest BCUT2D eigenvalue weighted by Gasteiger charge is -2.19. The van der Waals surface area contributed by atoms with Crippen molar-refractivity contribution < 1.29 is 14.4 Å². The van der Waals surface area contributed by atoms with Crippen molar-refractivity contribution in [3.05, 3.63) is 75.0 Å². The molecule has 0 bridgehead atoms. The van der Waals surface area contributed by atoms with Gasteiger partial charge in [-0.15, -0.1) is 0 Å². The van der Waals surface area contributed by atoms with E-state index in [1.807, 2.05) is 37.3 Å². The number of para-hydroxylation sites is 1. The number of fused-ring (bicyclic) bond motifs is 1. The van der Waals surface area contributed by atoms with Crippen LogP contribution in [0.25, 0.3) is 5.76 Å². The summed E-state index contributed by atoms with van der Waals surface area (Å²) in [6.45, 7) is 1.89. The first-order chi connectivity index (χ1) is 10.6. The highest BCUT2D eigenvalue weighted by atomic mass is 16.6. The number of benzene rings is 2. The SMILES string of the molecule is COc1ccc(C2=C([N+](=O)[O-])Cc3ccccc3O2)cc1C. The Kier molecular flexibility index (Phi) is 3.55. The molecule has 1 heterocycles. The lowest BCUT2D eigenvalue weighted by Crippen LogP contribution is -2.15. The zero-order valence-electron chi connectivity index (χ0n) is 12.3. The van der Waals surface area contributed by atoms with E-state index in [-0.39, 0.29) is 17.0 Å². The standard InChI is InChI=1S/C17H15NO4/c1-11-9-13(7-8-15(11)21-2)17-14(18(19)20)10-12-5-3-4-6-16(12)22-17/h3-9H,10H2,1-2H3. The van der Waals surface area contributed by atoms with E-state index in [0.717, 1.165) is 16.9 Å². The maximum atomic E-state index is 11.4. The van der Waals surface area contributed by atoms with Crippen molar-refractivity contribution in [3.8, 4) is 11.5 Å². The Morgan fingerprint density at radius 3 is 2.68 bits per heavy atom. The molecule has 112 valence electrons. The quantitative estimate of drug-likeness (QED) is 0.641. The predicted molar refractivity (Wildman–Crippen MR) is 82.4 cm³/mol. The third-order valence-electron chi connectivity index (χ3n) is 3.68. The van der Waals surface area contributed by atoms with Crippen molar-refractivity contribution in [2.24, 2.45) is 0 Å². The molecule has 1 aliphatic heterocycles. The topological polar surface area (TPSA) is 61.6 Å². The first kappa shape index (κ1) is 14.1. The van der Waals surface area contributed by atoms with E-state index >= 15 is 0 Å². The van der Waals surface area contributed by atoms with Crippen LogP contribution in [0.2, 0.25) is 0 Å². The molecule has 1 aliphatic rings. The van der Waals surface area contributed by atoms with Gasteiger partial charge in [0, 0.05) is 11.1 Å². The maximum Gasteiger partial charge on any atom is 0.293 e. The first-order valence-corrected chi connectivity index (χ1v) is 6.88. The van der Waals surface area contributed by atoms with Crippen LogP contribution < -0.4 is 9.47 Å². The summed E-state index contributed by atoms with van der Waals surface area (Å²) in [4.78, 5) is 11.0. The van der Waals surface area contributed by atoms with Gasteiger partial charge in [0.15, 0.2) is 0 Å². The highest BCUT2D eigenvalue weighted by molar-refractivity contribution is 5.68. The van der Waals surface area contributed by atoms with Crippen LogP contribution in [0.3, 0.4) is 0 Å². The van der Waals surface area contributed by atoms with Crippen LogP contribution in [0.5, 0.6) is 11.5 Å². The fourth-order valence-corrected chi connectivity index (χ4v) is 2.57. The Balaban J connectivity index is 2.10. The number of hydrogen-bond donors (Lipinski definition) is 0. The van der Waals surface area contributed by atoms with Crippen LogP contribution in [0.1, 0.15) is 16.7 Å². The smallest absolute Gasteiger partial charge is 0.293 e. The molecule has 0 aliphatic carbocycles. The average Bonchev–Trinajstić information content (AvgIpc) is 2.53. The fourth-order valence-electron chi connectivity index (χ4n) is 2.57. The molecule has 2 aromatic carbocycles. The van der Waals surface area contributed by atoms with E-state index in [0.29, 0.717) is 17.1 Å². The molecule has 0 fully saturated rings. The Morgan fingerprint density at radius 2 is 2.00 bits per heavy atom. The van der Waals surface area contributed by atoms with E-state index in [1.165, 1.54) is 0 Å². The van der Waals surface area contributed by atoms with E-state index in [9.17, 15) is 10.1 Å². The highest BCUT2D eigenvalue weighted by Crippen LogP contribution is 2.35. The normalized spacial score (nSPS) is 13.4. The van der Waals surface area contributed by atoms with Crippen LogP contribution in [-0.2, 0) is 6.42 Å². The average molecular weight is 297 g/mol. The predicted octanol–water partition coefficient (Wildman–Crippen LogP) is 3.58. The van der Waals surface area contributed by atoms with Gasteiger partial charge in [-0.25, -0.2) is 0 Å². The summed E-state index contributed by atoms with van der Waals surface area (Å²) < 4.78 is 11.0. The Bertz CT molecular complexity index is 780. The van der Waals surface area contributed by atoms with Gasteiger partial charge < -0.3 is 9.47 Å². The fraction of sp³-hybridized carbons (Fsp3) is 0.176. The Morgan fingerprint density at radius 1 is 1.23 bits per heavy atom. The molecule has 0 amide bonds. The summed E-state index contributed by atoms with van der Waals surface area (Å²) in [7, 11) is 1.59. The van der Waals surface area contributed by atoms with Gasteiger partial charge in [0.05, 0.1) is 18.5 Å². The third kappa shape index (κ3) is 2.41. The summed E-state index contributed by atoms with van der Waals surface area (Å²) in [5.74, 6) is 1.70. The molecule has 0 aromatic heterocycles. The van der Waals surface area contributed by atoms with Crippen molar-refractivity contribution in [2.45, 2.75) is 13.3 Å². The molecule has 5 nitrogen and oxygen atoms in total. The molecule has 22 heavy (non-hydrogen) atoms. The number of rotatable bonds is 3. The Hall–Kier alpha value is -2.82. The molecule has 5 heteroatoms. The van der Waals surface area contributed by atoms with Crippen molar-refractivity contribution in [3.63, 3.8) is 0 Å². The molecule has 0 N–H and O–H groups in total. The summed E-state index contributed by atoms with van der Waals surface area (Å²) in [5.41, 5.74) is 2.48. The van der Waals surface area contributed by atoms with Gasteiger partial charge in [0.2, 0.25) is 5.76 Å². The second-order valence-electron chi connectivity index (χ2n) is 5.10. The highest BCUT2D eigenvalue weighted by Gasteiger charge is 2.29. The van der Waals surface area contributed by atoms with Crippen molar-refractivity contribution in [1.29, 1.82) is 0 Å². The van der Waals surface area contributed by atoms with Gasteiger partial charge in [-0.05, 0) is 36.8 Å². The van der Waals surface area contributed by atoms with E-state index in [1.54, 1.807) is 19.2 Å². The molecular formula is C17H15NO4. The third-order valence-corrected chi connectivity index (χ3v) is 3.68. The molecule has 0 saturated carbocycles. The number of hydrogen-bond acceptors (Lipinski definition) is 4. The number of aryl methyl sites for hydroxylation is 1. The van der Waals surface area contributed by atoms with Crippen LogP contribution >= 0.6 is 0 Å². The zero-order valence-corrected chi connectivity index (χ0v) is 12.3. The monoisotopic (exact) mass is 297 g/mol. The summed E-state index contributed by atoms with van der Waals surface area (Å²) in [5, 5.41) is 11.4. The van der Waals surface area contributed by atoms with E-state index < -0.39 is 0 Å². The molecule has 2 aromatic rings. The molecular weight excluding hydrogens is 282 g/mol. The Labute approximate surface area is 127 Å². The van der Waals surface area contributed by atoms with Gasteiger partial charge >= 0.3 is 0 Å². The van der Waals surface area contributed by atoms with Crippen molar-refractivity contribution >= 4 is 5.76 Å². The van der Waals surface area contributed by atoms with E-state index in [2.05, 4.69) is 0 Å². The van der Waals surface area contributed by atoms with Gasteiger partial charge in [-0.2, -0.15) is 0 Å². The molecule has 0 unspecified atom stereocenters. The van der Waals surface area contributed by atoms with Crippen LogP contribution in [0.4, 0.5) is 0 Å². The second kappa shape index (κ2) is 5.52. The van der Waals surface area contributed by atoms with Crippen LogP contribution in [0.15, 0.2) is 48.2 Å². The minimum atomic E-state index is -0.370. The zero-order chi connectivity index (χ0) is 15.7. The largest absolute Gasteiger partial charge is 0.496 e. The van der Waals surface area contributed by atoms with Gasteiger partial charge in [0.1, 0.15) is 11.5 Å². The molecule has 0 saturated heterocycles. The summed E-state index contributed by atoms with van der Waals surface area (Å²) in [6.07, 6.45) is 0.254. The number of nitrogens with zero attached hydrogens (tertiary/aromatic N) is 1. The van der Waals surface area contributed by atoms with Crippen LogP contribution in [0, 0.1) is 17.0 Å². The van der Waals surface area contributed by atoms with Crippen molar-refractivity contribution in [1.82, 2.24) is 0 Å².